The van der Waals surface area contributed by atoms with Crippen molar-refractivity contribution in [3.8, 4) is 22.6 Å². The molecule has 0 unspecified atom stereocenters. The van der Waals surface area contributed by atoms with E-state index >= 15 is 0 Å². The zero-order valence-corrected chi connectivity index (χ0v) is 15.4. The Morgan fingerprint density at radius 1 is 1.04 bits per heavy atom. The summed E-state index contributed by atoms with van der Waals surface area (Å²) in [6.07, 6.45) is 0. The van der Waals surface area contributed by atoms with Crippen LogP contribution < -0.4 is 5.56 Å². The van der Waals surface area contributed by atoms with Crippen LogP contribution in [0.1, 0.15) is 5.89 Å². The van der Waals surface area contributed by atoms with Gasteiger partial charge in [0.2, 0.25) is 11.7 Å². The molecule has 0 atom stereocenters. The van der Waals surface area contributed by atoms with Crippen molar-refractivity contribution in [2.45, 2.75) is 6.54 Å². The van der Waals surface area contributed by atoms with E-state index in [4.69, 9.17) is 4.52 Å². The van der Waals surface area contributed by atoms with Gasteiger partial charge >= 0.3 is 0 Å². The molecule has 0 aliphatic carbocycles. The van der Waals surface area contributed by atoms with Gasteiger partial charge in [-0.3, -0.25) is 4.79 Å². The van der Waals surface area contributed by atoms with Gasteiger partial charge in [0.05, 0.1) is 5.69 Å². The average molecular weight is 427 g/mol. The van der Waals surface area contributed by atoms with Crippen LogP contribution in [0.4, 0.5) is 4.39 Å². The van der Waals surface area contributed by atoms with Gasteiger partial charge in [-0.1, -0.05) is 33.2 Å². The van der Waals surface area contributed by atoms with Crippen molar-refractivity contribution in [1.82, 2.24) is 19.9 Å². The summed E-state index contributed by atoms with van der Waals surface area (Å²) in [6, 6.07) is 16.4. The summed E-state index contributed by atoms with van der Waals surface area (Å²) in [4.78, 5) is 16.5. The molecule has 0 radical (unpaired) electrons. The summed E-state index contributed by atoms with van der Waals surface area (Å²) in [7, 11) is 0. The van der Waals surface area contributed by atoms with Crippen molar-refractivity contribution < 1.29 is 8.91 Å². The standard InChI is InChI=1S/C19H12BrFN4O2/c20-14-3-1-2-13(10-14)19-22-17(27-24-19)11-25-18(26)9-8-16(23-25)12-4-6-15(21)7-5-12/h1-10H,11H2. The van der Waals surface area contributed by atoms with Crippen LogP contribution in [0, 0.1) is 5.82 Å². The minimum absolute atomic E-state index is 0.0366. The quantitative estimate of drug-likeness (QED) is 0.494. The SMILES string of the molecule is O=c1ccc(-c2ccc(F)cc2)nn1Cc1nc(-c2cccc(Br)c2)no1. The van der Waals surface area contributed by atoms with Crippen LogP contribution >= 0.6 is 15.9 Å². The molecule has 0 N–H and O–H groups in total. The third-order valence-corrected chi connectivity index (χ3v) is 4.34. The number of rotatable bonds is 4. The zero-order valence-electron chi connectivity index (χ0n) is 13.8. The number of nitrogens with zero attached hydrogens (tertiary/aromatic N) is 4. The highest BCUT2D eigenvalue weighted by Crippen LogP contribution is 2.20. The fourth-order valence-electron chi connectivity index (χ4n) is 2.53. The number of aromatic nitrogens is 4. The summed E-state index contributed by atoms with van der Waals surface area (Å²) in [5.41, 5.74) is 1.73. The van der Waals surface area contributed by atoms with E-state index in [1.165, 1.54) is 22.9 Å². The van der Waals surface area contributed by atoms with Crippen LogP contribution in [0.25, 0.3) is 22.6 Å². The van der Waals surface area contributed by atoms with Crippen LogP contribution in [0.15, 0.2) is 74.5 Å². The number of hydrogen-bond acceptors (Lipinski definition) is 5. The molecule has 0 amide bonds. The fraction of sp³-hybridized carbons (Fsp3) is 0.0526. The molecule has 6 nitrogen and oxygen atoms in total. The molecular formula is C19H12BrFN4O2. The van der Waals surface area contributed by atoms with Gasteiger partial charge in [0.15, 0.2) is 0 Å². The molecule has 0 aliphatic heterocycles. The second-order valence-electron chi connectivity index (χ2n) is 5.74. The van der Waals surface area contributed by atoms with Crippen LogP contribution in [-0.2, 0) is 6.54 Å². The van der Waals surface area contributed by atoms with Crippen molar-refractivity contribution in [2.75, 3.05) is 0 Å². The molecule has 2 aromatic heterocycles. The summed E-state index contributed by atoms with van der Waals surface area (Å²) in [6.45, 7) is 0.0366. The molecular weight excluding hydrogens is 415 g/mol. The first-order valence-corrected chi connectivity index (χ1v) is 8.80. The van der Waals surface area contributed by atoms with Crippen LogP contribution in [0.2, 0.25) is 0 Å². The molecule has 4 aromatic rings. The summed E-state index contributed by atoms with van der Waals surface area (Å²) >= 11 is 3.40. The van der Waals surface area contributed by atoms with Crippen LogP contribution in [0.5, 0.6) is 0 Å². The zero-order chi connectivity index (χ0) is 18.8. The number of hydrogen-bond donors (Lipinski definition) is 0. The maximum absolute atomic E-state index is 13.1. The molecule has 0 aliphatic rings. The highest BCUT2D eigenvalue weighted by atomic mass is 79.9. The highest BCUT2D eigenvalue weighted by molar-refractivity contribution is 9.10. The van der Waals surface area contributed by atoms with E-state index in [1.807, 2.05) is 24.3 Å². The van der Waals surface area contributed by atoms with E-state index in [9.17, 15) is 9.18 Å². The third kappa shape index (κ3) is 3.85. The summed E-state index contributed by atoms with van der Waals surface area (Å²) in [5, 5.41) is 8.26. The normalized spacial score (nSPS) is 10.9. The molecule has 8 heteroatoms. The van der Waals surface area contributed by atoms with Gasteiger partial charge in [-0.2, -0.15) is 10.1 Å². The van der Waals surface area contributed by atoms with Gasteiger partial charge in [0.25, 0.3) is 5.56 Å². The lowest BCUT2D eigenvalue weighted by atomic mass is 10.1. The molecule has 2 heterocycles. The largest absolute Gasteiger partial charge is 0.337 e. The molecule has 2 aromatic carbocycles. The predicted molar refractivity (Wildman–Crippen MR) is 100 cm³/mol. The van der Waals surface area contributed by atoms with E-state index in [1.54, 1.807) is 18.2 Å². The highest BCUT2D eigenvalue weighted by Gasteiger charge is 2.12. The molecule has 0 fully saturated rings. The first-order chi connectivity index (χ1) is 13.1. The third-order valence-electron chi connectivity index (χ3n) is 3.84. The molecule has 0 spiro atoms. The van der Waals surface area contributed by atoms with E-state index in [-0.39, 0.29) is 23.8 Å². The van der Waals surface area contributed by atoms with E-state index in [0.29, 0.717) is 17.1 Å². The smallest absolute Gasteiger partial charge is 0.267 e. The lowest BCUT2D eigenvalue weighted by molar-refractivity contribution is 0.363. The van der Waals surface area contributed by atoms with Gasteiger partial charge in [-0.25, -0.2) is 9.07 Å². The fourth-order valence-corrected chi connectivity index (χ4v) is 2.93. The molecule has 134 valence electrons. The Labute approximate surface area is 161 Å². The van der Waals surface area contributed by atoms with Gasteiger partial charge < -0.3 is 4.52 Å². The van der Waals surface area contributed by atoms with Crippen molar-refractivity contribution in [3.63, 3.8) is 0 Å². The lowest BCUT2D eigenvalue weighted by Gasteiger charge is -2.05. The Kier molecular flexibility index (Phi) is 4.64. The van der Waals surface area contributed by atoms with Crippen molar-refractivity contribution in [3.05, 3.63) is 87.2 Å². The number of halogens is 2. The van der Waals surface area contributed by atoms with Crippen LogP contribution in [-0.4, -0.2) is 19.9 Å². The minimum atomic E-state index is -0.335. The van der Waals surface area contributed by atoms with Gasteiger partial charge in [-0.15, -0.1) is 0 Å². The molecule has 0 saturated carbocycles. The van der Waals surface area contributed by atoms with Gasteiger partial charge in [0, 0.05) is 21.7 Å². The summed E-state index contributed by atoms with van der Waals surface area (Å²) in [5.74, 6) is 0.350. The minimum Gasteiger partial charge on any atom is -0.337 e. The second-order valence-corrected chi connectivity index (χ2v) is 6.66. The maximum atomic E-state index is 13.1. The van der Waals surface area contributed by atoms with Crippen LogP contribution in [0.3, 0.4) is 0 Å². The lowest BCUT2D eigenvalue weighted by Crippen LogP contribution is -2.23. The molecule has 4 rings (SSSR count). The second kappa shape index (κ2) is 7.24. The van der Waals surface area contributed by atoms with Crippen molar-refractivity contribution in [1.29, 1.82) is 0 Å². The van der Waals surface area contributed by atoms with E-state index < -0.39 is 0 Å². The Balaban J connectivity index is 1.62. The van der Waals surface area contributed by atoms with E-state index in [2.05, 4.69) is 31.2 Å². The molecule has 0 bridgehead atoms. The number of benzene rings is 2. The maximum Gasteiger partial charge on any atom is 0.267 e. The first-order valence-electron chi connectivity index (χ1n) is 8.01. The average Bonchev–Trinajstić information content (AvgIpc) is 3.13. The summed E-state index contributed by atoms with van der Waals surface area (Å²) < 4.78 is 20.5. The Hall–Kier alpha value is -3.13. The topological polar surface area (TPSA) is 73.8 Å². The molecule has 0 saturated heterocycles. The Morgan fingerprint density at radius 2 is 1.85 bits per heavy atom. The Morgan fingerprint density at radius 3 is 2.63 bits per heavy atom. The Bertz CT molecular complexity index is 1150. The van der Waals surface area contributed by atoms with Gasteiger partial charge in [-0.05, 0) is 42.5 Å². The monoisotopic (exact) mass is 426 g/mol. The van der Waals surface area contributed by atoms with Crippen molar-refractivity contribution >= 4 is 15.9 Å². The van der Waals surface area contributed by atoms with Crippen molar-refractivity contribution in [2.24, 2.45) is 0 Å². The predicted octanol–water partition coefficient (Wildman–Crippen LogP) is 3.91. The first kappa shape index (κ1) is 17.3. The molecule has 27 heavy (non-hydrogen) atoms. The van der Waals surface area contributed by atoms with E-state index in [0.717, 1.165) is 10.0 Å². The van der Waals surface area contributed by atoms with Gasteiger partial charge in [0.1, 0.15) is 12.4 Å².